The van der Waals surface area contributed by atoms with E-state index in [1.807, 2.05) is 43.3 Å². The van der Waals surface area contributed by atoms with Crippen molar-refractivity contribution in [1.29, 1.82) is 0 Å². The van der Waals surface area contributed by atoms with Crippen LogP contribution < -0.4 is 15.9 Å². The third kappa shape index (κ3) is 5.12. The van der Waals surface area contributed by atoms with Crippen LogP contribution in [0.4, 0.5) is 0 Å². The molecule has 1 aromatic carbocycles. The molecular weight excluding hydrogens is 234 g/mol. The molecule has 1 rings (SSSR count). The zero-order chi connectivity index (χ0) is 12.7. The summed E-state index contributed by atoms with van der Waals surface area (Å²) in [5.41, 5.74) is 9.63. The van der Waals surface area contributed by atoms with Crippen molar-refractivity contribution in [2.24, 2.45) is 10.8 Å². The molecule has 5 heteroatoms. The molecule has 0 fully saturated rings. The van der Waals surface area contributed by atoms with Gasteiger partial charge in [0.2, 0.25) is 0 Å². The molecule has 0 aliphatic heterocycles. The molecule has 90 valence electrons. The second-order valence-electron chi connectivity index (χ2n) is 3.34. The molecule has 0 radical (unpaired) electrons. The van der Waals surface area contributed by atoms with Crippen LogP contribution in [-0.2, 0) is 0 Å². The van der Waals surface area contributed by atoms with E-state index >= 15 is 0 Å². The van der Waals surface area contributed by atoms with Crippen LogP contribution in [0, 0.1) is 0 Å². The summed E-state index contributed by atoms with van der Waals surface area (Å²) in [7, 11) is 1.64. The van der Waals surface area contributed by atoms with Crippen LogP contribution in [0.3, 0.4) is 0 Å². The van der Waals surface area contributed by atoms with Gasteiger partial charge >= 0.3 is 0 Å². The van der Waals surface area contributed by atoms with Crippen molar-refractivity contribution in [3.05, 3.63) is 35.9 Å². The van der Waals surface area contributed by atoms with Crippen molar-refractivity contribution in [3.8, 4) is 5.75 Å². The van der Waals surface area contributed by atoms with Gasteiger partial charge in [-0.3, -0.25) is 5.43 Å². The second kappa shape index (κ2) is 6.65. The van der Waals surface area contributed by atoms with Crippen LogP contribution in [0.15, 0.2) is 35.4 Å². The van der Waals surface area contributed by atoms with E-state index in [2.05, 4.69) is 22.7 Å². The number of allylic oxidation sites excluding steroid dienone is 1. The number of hydrazone groups is 1. The topological polar surface area (TPSA) is 59.6 Å². The van der Waals surface area contributed by atoms with Gasteiger partial charge in [0.1, 0.15) is 5.75 Å². The average Bonchev–Trinajstić information content (AvgIpc) is 2.34. The molecule has 0 amide bonds. The smallest absolute Gasteiger partial charge is 0.184 e. The molecule has 3 N–H and O–H groups in total. The Balaban J connectivity index is 2.63. The molecule has 4 nitrogen and oxygen atoms in total. The number of rotatable bonds is 4. The summed E-state index contributed by atoms with van der Waals surface area (Å²) in [5, 5.41) is 4.12. The lowest BCUT2D eigenvalue weighted by atomic mass is 10.2. The summed E-state index contributed by atoms with van der Waals surface area (Å²) in [6.45, 7) is 1.85. The van der Waals surface area contributed by atoms with E-state index < -0.39 is 0 Å². The number of hydrogen-bond acceptors (Lipinski definition) is 3. The van der Waals surface area contributed by atoms with Gasteiger partial charge < -0.3 is 10.5 Å². The number of nitrogens with one attached hydrogen (secondary N) is 1. The highest BCUT2D eigenvalue weighted by Gasteiger charge is 1.90. The Kier molecular flexibility index (Phi) is 5.16. The molecule has 0 spiro atoms. The zero-order valence-electron chi connectivity index (χ0n) is 9.81. The third-order valence-corrected chi connectivity index (χ3v) is 2.07. The van der Waals surface area contributed by atoms with Crippen molar-refractivity contribution in [3.63, 3.8) is 0 Å². The molecule has 1 aromatic rings. The summed E-state index contributed by atoms with van der Waals surface area (Å²) < 4.78 is 5.07. The molecule has 17 heavy (non-hydrogen) atoms. The SMILES string of the molecule is COc1ccc(/C=C/C(C)=N\NC(N)=S)cc1. The van der Waals surface area contributed by atoms with E-state index in [0.717, 1.165) is 17.0 Å². The van der Waals surface area contributed by atoms with Gasteiger partial charge in [-0.25, -0.2) is 0 Å². The van der Waals surface area contributed by atoms with Crippen LogP contribution in [0.2, 0.25) is 0 Å². The minimum Gasteiger partial charge on any atom is -0.497 e. The molecule has 0 atom stereocenters. The molecular formula is C12H15N3OS. The molecule has 0 saturated heterocycles. The minimum absolute atomic E-state index is 0.155. The fourth-order valence-electron chi connectivity index (χ4n) is 1.11. The molecule has 0 saturated carbocycles. The normalized spacial score (nSPS) is 11.5. The third-order valence-electron chi connectivity index (χ3n) is 1.98. The highest BCUT2D eigenvalue weighted by atomic mass is 32.1. The molecule has 0 aromatic heterocycles. The Bertz CT molecular complexity index is 438. The number of ether oxygens (including phenoxy) is 1. The summed E-state index contributed by atoms with van der Waals surface area (Å²) in [5.74, 6) is 0.836. The summed E-state index contributed by atoms with van der Waals surface area (Å²) in [6, 6.07) is 7.73. The Morgan fingerprint density at radius 3 is 2.59 bits per heavy atom. The first-order valence-electron chi connectivity index (χ1n) is 5.03. The van der Waals surface area contributed by atoms with Gasteiger partial charge in [-0.05, 0) is 42.9 Å². The van der Waals surface area contributed by atoms with Crippen LogP contribution >= 0.6 is 12.2 Å². The summed E-state index contributed by atoms with van der Waals surface area (Å²) >= 11 is 4.64. The van der Waals surface area contributed by atoms with Gasteiger partial charge in [-0.2, -0.15) is 5.10 Å². The highest BCUT2D eigenvalue weighted by molar-refractivity contribution is 7.80. The Morgan fingerprint density at radius 2 is 2.06 bits per heavy atom. The first kappa shape index (κ1) is 13.2. The van der Waals surface area contributed by atoms with Crippen LogP contribution in [0.1, 0.15) is 12.5 Å². The largest absolute Gasteiger partial charge is 0.497 e. The number of nitrogens with two attached hydrogens (primary N) is 1. The first-order valence-corrected chi connectivity index (χ1v) is 5.44. The number of thiocarbonyl (C=S) groups is 1. The highest BCUT2D eigenvalue weighted by Crippen LogP contribution is 2.12. The van der Waals surface area contributed by atoms with Crippen molar-refractivity contribution >= 4 is 29.1 Å². The van der Waals surface area contributed by atoms with Gasteiger partial charge in [-0.15, -0.1) is 0 Å². The monoisotopic (exact) mass is 249 g/mol. The molecule has 0 heterocycles. The van der Waals surface area contributed by atoms with Gasteiger partial charge in [0.05, 0.1) is 12.8 Å². The van der Waals surface area contributed by atoms with E-state index in [1.54, 1.807) is 7.11 Å². The Morgan fingerprint density at radius 1 is 1.41 bits per heavy atom. The van der Waals surface area contributed by atoms with Gasteiger partial charge in [0.25, 0.3) is 0 Å². The van der Waals surface area contributed by atoms with E-state index in [1.165, 1.54) is 0 Å². The minimum atomic E-state index is 0.155. The van der Waals surface area contributed by atoms with Crippen molar-refractivity contribution in [2.75, 3.05) is 7.11 Å². The quantitative estimate of drug-likeness (QED) is 0.486. The van der Waals surface area contributed by atoms with Crippen molar-refractivity contribution in [1.82, 2.24) is 5.43 Å². The Labute approximate surface area is 106 Å². The summed E-state index contributed by atoms with van der Waals surface area (Å²) in [4.78, 5) is 0. The maximum atomic E-state index is 5.26. The van der Waals surface area contributed by atoms with Crippen LogP contribution in [0.25, 0.3) is 6.08 Å². The standard InChI is InChI=1S/C12H15N3OS/c1-9(14-15-12(13)17)3-4-10-5-7-11(16-2)8-6-10/h3-8H,1-2H3,(H3,13,15,17)/b4-3+,14-9-. The van der Waals surface area contributed by atoms with Crippen LogP contribution in [-0.4, -0.2) is 17.9 Å². The van der Waals surface area contributed by atoms with E-state index in [4.69, 9.17) is 10.5 Å². The fourth-order valence-corrected chi connectivity index (χ4v) is 1.16. The maximum Gasteiger partial charge on any atom is 0.184 e. The number of nitrogens with zero attached hydrogens (tertiary/aromatic N) is 1. The summed E-state index contributed by atoms with van der Waals surface area (Å²) in [6.07, 6.45) is 3.81. The number of benzene rings is 1. The van der Waals surface area contributed by atoms with E-state index in [-0.39, 0.29) is 5.11 Å². The lowest BCUT2D eigenvalue weighted by Crippen LogP contribution is -2.24. The molecule has 0 unspecified atom stereocenters. The van der Waals surface area contributed by atoms with Crippen molar-refractivity contribution < 1.29 is 4.74 Å². The van der Waals surface area contributed by atoms with E-state index in [0.29, 0.717) is 0 Å². The van der Waals surface area contributed by atoms with Gasteiger partial charge in [-0.1, -0.05) is 18.2 Å². The van der Waals surface area contributed by atoms with Gasteiger partial charge in [0.15, 0.2) is 5.11 Å². The fraction of sp³-hybridized carbons (Fsp3) is 0.167. The lowest BCUT2D eigenvalue weighted by molar-refractivity contribution is 0.415. The van der Waals surface area contributed by atoms with E-state index in [9.17, 15) is 0 Å². The van der Waals surface area contributed by atoms with Crippen molar-refractivity contribution in [2.45, 2.75) is 6.92 Å². The average molecular weight is 249 g/mol. The molecule has 0 aliphatic rings. The maximum absolute atomic E-state index is 5.26. The van der Waals surface area contributed by atoms with Crippen LogP contribution in [0.5, 0.6) is 5.75 Å². The molecule has 0 aliphatic carbocycles. The number of hydrogen-bond donors (Lipinski definition) is 2. The van der Waals surface area contributed by atoms with Gasteiger partial charge in [0, 0.05) is 0 Å². The number of methoxy groups -OCH3 is 1. The second-order valence-corrected chi connectivity index (χ2v) is 3.78. The predicted octanol–water partition coefficient (Wildman–Crippen LogP) is 1.92. The Hall–Kier alpha value is -1.88. The molecule has 0 bridgehead atoms. The first-order chi connectivity index (χ1) is 8.11. The predicted molar refractivity (Wildman–Crippen MR) is 75.1 cm³/mol. The lowest BCUT2D eigenvalue weighted by Gasteiger charge is -1.99. The zero-order valence-corrected chi connectivity index (χ0v) is 10.6.